The van der Waals surface area contributed by atoms with E-state index < -0.39 is 15.9 Å². The molecule has 2 aromatic rings. The maximum Gasteiger partial charge on any atom is 0.264 e. The molecule has 6 heteroatoms. The molecule has 2 aromatic carbocycles. The number of hydrogen-bond donors (Lipinski definition) is 1. The van der Waals surface area contributed by atoms with Gasteiger partial charge in [0.15, 0.2) is 0 Å². The molecule has 5 nitrogen and oxygen atoms in total. The van der Waals surface area contributed by atoms with Crippen molar-refractivity contribution in [2.24, 2.45) is 0 Å². The first-order chi connectivity index (χ1) is 11.3. The van der Waals surface area contributed by atoms with E-state index in [-0.39, 0.29) is 4.90 Å². The fraction of sp³-hybridized carbons (Fsp3) is 0.111. The fourth-order valence-electron chi connectivity index (χ4n) is 2.21. The zero-order valence-electron chi connectivity index (χ0n) is 13.3. The van der Waals surface area contributed by atoms with Gasteiger partial charge in [-0.25, -0.2) is 13.1 Å². The molecule has 0 spiro atoms. The molecule has 0 aliphatic heterocycles. The minimum atomic E-state index is -3.93. The Morgan fingerprint density at radius 1 is 1.17 bits per heavy atom. The maximum absolute atomic E-state index is 12.3. The summed E-state index contributed by atoms with van der Waals surface area (Å²) in [7, 11) is -3.93. The highest BCUT2D eigenvalue weighted by Crippen LogP contribution is 2.16. The summed E-state index contributed by atoms with van der Waals surface area (Å²) in [6.45, 7) is 3.54. The highest BCUT2D eigenvalue weighted by Gasteiger charge is 2.18. The first-order valence-corrected chi connectivity index (χ1v) is 8.62. The Balaban J connectivity index is 2.16. The van der Waals surface area contributed by atoms with Gasteiger partial charge in [0.2, 0.25) is 0 Å². The van der Waals surface area contributed by atoms with Crippen molar-refractivity contribution in [3.05, 3.63) is 70.8 Å². The van der Waals surface area contributed by atoms with Gasteiger partial charge in [-0.1, -0.05) is 29.8 Å². The van der Waals surface area contributed by atoms with E-state index in [9.17, 15) is 13.2 Å². The van der Waals surface area contributed by atoms with Crippen molar-refractivity contribution >= 4 is 22.0 Å². The van der Waals surface area contributed by atoms with Crippen LogP contribution in [0.15, 0.2) is 53.4 Å². The van der Waals surface area contributed by atoms with Crippen LogP contribution in [-0.2, 0) is 14.8 Å². The normalized spacial score (nSPS) is 11.2. The molecule has 24 heavy (non-hydrogen) atoms. The van der Waals surface area contributed by atoms with E-state index in [0.29, 0.717) is 16.7 Å². The van der Waals surface area contributed by atoms with Gasteiger partial charge >= 0.3 is 0 Å². The third-order valence-electron chi connectivity index (χ3n) is 3.30. The zero-order valence-corrected chi connectivity index (χ0v) is 14.1. The number of amides is 1. The van der Waals surface area contributed by atoms with Crippen molar-refractivity contribution in [1.29, 1.82) is 5.26 Å². The third-order valence-corrected chi connectivity index (χ3v) is 4.80. The van der Waals surface area contributed by atoms with Gasteiger partial charge in [0.1, 0.15) is 0 Å². The second-order valence-corrected chi connectivity index (χ2v) is 6.96. The molecule has 0 heterocycles. The summed E-state index contributed by atoms with van der Waals surface area (Å²) < 4.78 is 26.6. The predicted molar refractivity (Wildman–Crippen MR) is 91.4 cm³/mol. The van der Waals surface area contributed by atoms with Crippen LogP contribution in [0, 0.1) is 25.2 Å². The first kappa shape index (κ1) is 17.4. The lowest BCUT2D eigenvalue weighted by molar-refractivity contribution is -0.114. The number of nitrogens with one attached hydrogen (secondary N) is 1. The number of nitrogens with zero attached hydrogens (tertiary/aromatic N) is 1. The Kier molecular flexibility index (Phi) is 5.17. The van der Waals surface area contributed by atoms with E-state index in [2.05, 4.69) is 0 Å². The molecule has 0 unspecified atom stereocenters. The van der Waals surface area contributed by atoms with Crippen LogP contribution in [0.3, 0.4) is 0 Å². The second-order valence-electron chi connectivity index (χ2n) is 5.31. The van der Waals surface area contributed by atoms with Gasteiger partial charge in [-0.15, -0.1) is 0 Å². The third kappa shape index (κ3) is 4.31. The quantitative estimate of drug-likeness (QED) is 0.867. The highest BCUT2D eigenvalue weighted by atomic mass is 32.2. The maximum atomic E-state index is 12.3. The van der Waals surface area contributed by atoms with Crippen LogP contribution in [0.4, 0.5) is 0 Å². The topological polar surface area (TPSA) is 87.0 Å². The number of aryl methyl sites for hydroxylation is 2. The van der Waals surface area contributed by atoms with Gasteiger partial charge in [-0.05, 0) is 49.2 Å². The molecule has 0 atom stereocenters. The predicted octanol–water partition coefficient (Wildman–Crippen LogP) is 2.69. The molecular weight excluding hydrogens is 324 g/mol. The minimum Gasteiger partial charge on any atom is -0.269 e. The van der Waals surface area contributed by atoms with Gasteiger partial charge < -0.3 is 0 Å². The van der Waals surface area contributed by atoms with Crippen molar-refractivity contribution in [2.45, 2.75) is 18.7 Å². The Bertz CT molecular complexity index is 954. The van der Waals surface area contributed by atoms with Crippen molar-refractivity contribution < 1.29 is 13.2 Å². The van der Waals surface area contributed by atoms with Crippen LogP contribution in [-0.4, -0.2) is 14.3 Å². The molecular formula is C18H16N2O3S. The molecule has 2 rings (SSSR count). The van der Waals surface area contributed by atoms with Crippen LogP contribution in [0.2, 0.25) is 0 Å². The molecule has 1 amide bonds. The average molecular weight is 340 g/mol. The Morgan fingerprint density at radius 3 is 2.58 bits per heavy atom. The molecule has 0 aliphatic carbocycles. The molecule has 0 saturated heterocycles. The molecule has 122 valence electrons. The zero-order chi connectivity index (χ0) is 17.7. The minimum absolute atomic E-state index is 0.0707. The summed E-state index contributed by atoms with van der Waals surface area (Å²) in [5.74, 6) is -0.752. The summed E-state index contributed by atoms with van der Waals surface area (Å²) in [6, 6.07) is 13.5. The van der Waals surface area contributed by atoms with Gasteiger partial charge in [0.05, 0.1) is 16.5 Å². The SMILES string of the molecule is Cc1ccc(S(=O)(=O)NC(=O)/C=C/c2cccc(C#N)c2)c(C)c1. The van der Waals surface area contributed by atoms with Crippen LogP contribution >= 0.6 is 0 Å². The van der Waals surface area contributed by atoms with E-state index >= 15 is 0 Å². The number of sulfonamides is 1. The molecule has 0 aromatic heterocycles. The standard InChI is InChI=1S/C18H16N2O3S/c1-13-6-8-17(14(2)10-13)24(22,23)20-18(21)9-7-15-4-3-5-16(11-15)12-19/h3-11H,1-2H3,(H,20,21)/b9-7+. The second kappa shape index (κ2) is 7.11. The van der Waals surface area contributed by atoms with Gasteiger partial charge in [0.25, 0.3) is 15.9 Å². The number of nitriles is 1. The molecule has 0 saturated carbocycles. The van der Waals surface area contributed by atoms with Gasteiger partial charge in [0, 0.05) is 6.08 Å². The van der Waals surface area contributed by atoms with Crippen molar-refractivity contribution in [3.63, 3.8) is 0 Å². The highest BCUT2D eigenvalue weighted by molar-refractivity contribution is 7.90. The van der Waals surface area contributed by atoms with E-state index in [0.717, 1.165) is 11.6 Å². The van der Waals surface area contributed by atoms with Crippen LogP contribution < -0.4 is 4.72 Å². The lowest BCUT2D eigenvalue weighted by Crippen LogP contribution is -2.29. The number of carbonyl (C=O) groups is 1. The lowest BCUT2D eigenvalue weighted by atomic mass is 10.1. The average Bonchev–Trinajstić information content (AvgIpc) is 2.52. The summed E-state index contributed by atoms with van der Waals surface area (Å²) >= 11 is 0. The van der Waals surface area contributed by atoms with E-state index in [1.165, 1.54) is 12.1 Å². The summed E-state index contributed by atoms with van der Waals surface area (Å²) in [6.07, 6.45) is 2.57. The molecule has 0 aliphatic rings. The molecule has 1 N–H and O–H groups in total. The summed E-state index contributed by atoms with van der Waals surface area (Å²) in [5.41, 5.74) is 2.60. The first-order valence-electron chi connectivity index (χ1n) is 7.14. The molecule has 0 fully saturated rings. The Morgan fingerprint density at radius 2 is 1.92 bits per heavy atom. The Hall–Kier alpha value is -2.91. The Labute approximate surface area is 141 Å². The number of benzene rings is 2. The molecule has 0 radical (unpaired) electrons. The van der Waals surface area contributed by atoms with Crippen molar-refractivity contribution in [3.8, 4) is 6.07 Å². The fourth-order valence-corrected chi connectivity index (χ4v) is 3.38. The van der Waals surface area contributed by atoms with Crippen LogP contribution in [0.5, 0.6) is 0 Å². The van der Waals surface area contributed by atoms with E-state index in [4.69, 9.17) is 5.26 Å². The van der Waals surface area contributed by atoms with Crippen molar-refractivity contribution in [1.82, 2.24) is 4.72 Å². The molecule has 0 bridgehead atoms. The smallest absolute Gasteiger partial charge is 0.264 e. The summed E-state index contributed by atoms with van der Waals surface area (Å²) in [4.78, 5) is 12.0. The number of rotatable bonds is 4. The lowest BCUT2D eigenvalue weighted by Gasteiger charge is -2.08. The largest absolute Gasteiger partial charge is 0.269 e. The number of hydrogen-bond acceptors (Lipinski definition) is 4. The summed E-state index contributed by atoms with van der Waals surface area (Å²) in [5, 5.41) is 8.83. The van der Waals surface area contributed by atoms with Gasteiger partial charge in [-0.2, -0.15) is 5.26 Å². The van der Waals surface area contributed by atoms with Gasteiger partial charge in [-0.3, -0.25) is 4.79 Å². The van der Waals surface area contributed by atoms with Crippen LogP contribution in [0.1, 0.15) is 22.3 Å². The van der Waals surface area contributed by atoms with Crippen molar-refractivity contribution in [2.75, 3.05) is 0 Å². The number of carbonyl (C=O) groups excluding carboxylic acids is 1. The van der Waals surface area contributed by atoms with Crippen LogP contribution in [0.25, 0.3) is 6.08 Å². The van der Waals surface area contributed by atoms with E-state index in [1.807, 2.05) is 17.7 Å². The monoisotopic (exact) mass is 340 g/mol. The van der Waals surface area contributed by atoms with E-state index in [1.54, 1.807) is 43.3 Å².